The summed E-state index contributed by atoms with van der Waals surface area (Å²) < 4.78 is 1.08. The van der Waals surface area contributed by atoms with Crippen molar-refractivity contribution in [2.75, 3.05) is 0 Å². The SMILES string of the molecule is Brc1cccc2[nH]cc(-c3c(Cc4ccccc4)c(-c4ccccc4)nc4ccc5ccccc5c34)c12. The second-order valence-electron chi connectivity index (χ2n) is 9.39. The Balaban J connectivity index is 1.69. The minimum Gasteiger partial charge on any atom is -0.361 e. The fourth-order valence-corrected chi connectivity index (χ4v) is 6.09. The van der Waals surface area contributed by atoms with Crippen LogP contribution in [0.5, 0.6) is 0 Å². The fraction of sp³-hybridized carbons (Fsp3) is 0.0294. The molecule has 2 nitrogen and oxygen atoms in total. The summed E-state index contributed by atoms with van der Waals surface area (Å²) in [6.45, 7) is 0. The van der Waals surface area contributed by atoms with Gasteiger partial charge in [-0.15, -0.1) is 0 Å². The molecule has 1 N–H and O–H groups in total. The molecule has 0 aliphatic carbocycles. The van der Waals surface area contributed by atoms with Crippen molar-refractivity contribution in [2.45, 2.75) is 6.42 Å². The number of aromatic nitrogens is 2. The van der Waals surface area contributed by atoms with E-state index in [0.29, 0.717) is 0 Å². The van der Waals surface area contributed by atoms with Crippen LogP contribution >= 0.6 is 15.9 Å². The van der Waals surface area contributed by atoms with Crippen LogP contribution in [0.25, 0.3) is 55.0 Å². The van der Waals surface area contributed by atoms with E-state index in [1.165, 1.54) is 43.8 Å². The van der Waals surface area contributed by atoms with Crippen molar-refractivity contribution >= 4 is 48.5 Å². The summed E-state index contributed by atoms with van der Waals surface area (Å²) in [5.74, 6) is 0. The first-order chi connectivity index (χ1) is 18.3. The summed E-state index contributed by atoms with van der Waals surface area (Å²) in [5, 5.41) is 4.82. The van der Waals surface area contributed by atoms with Gasteiger partial charge in [0.05, 0.1) is 11.2 Å². The van der Waals surface area contributed by atoms with Crippen molar-refractivity contribution in [2.24, 2.45) is 0 Å². The van der Waals surface area contributed by atoms with E-state index in [0.717, 1.165) is 33.2 Å². The molecule has 0 amide bonds. The Bertz CT molecular complexity index is 1900. The summed E-state index contributed by atoms with van der Waals surface area (Å²) in [4.78, 5) is 8.88. The van der Waals surface area contributed by atoms with E-state index >= 15 is 0 Å². The Labute approximate surface area is 223 Å². The van der Waals surface area contributed by atoms with Gasteiger partial charge in [-0.1, -0.05) is 113 Å². The number of fused-ring (bicyclic) bond motifs is 4. The molecule has 3 heteroatoms. The highest BCUT2D eigenvalue weighted by molar-refractivity contribution is 9.10. The van der Waals surface area contributed by atoms with Crippen molar-refractivity contribution in [3.63, 3.8) is 0 Å². The molecule has 0 aliphatic rings. The molecule has 0 bridgehead atoms. The first-order valence-electron chi connectivity index (χ1n) is 12.5. The first-order valence-corrected chi connectivity index (χ1v) is 13.3. The van der Waals surface area contributed by atoms with Crippen LogP contribution in [0.1, 0.15) is 11.1 Å². The molecule has 0 aliphatic heterocycles. The molecule has 0 atom stereocenters. The number of hydrogen-bond donors (Lipinski definition) is 1. The van der Waals surface area contributed by atoms with Gasteiger partial charge in [0, 0.05) is 44.5 Å². The van der Waals surface area contributed by atoms with Gasteiger partial charge in [-0.3, -0.25) is 0 Å². The van der Waals surface area contributed by atoms with Gasteiger partial charge < -0.3 is 4.98 Å². The highest BCUT2D eigenvalue weighted by atomic mass is 79.9. The number of pyridine rings is 1. The molecule has 2 aromatic heterocycles. The maximum Gasteiger partial charge on any atom is 0.0751 e. The standard InChI is InChI=1S/C34H23BrN2/c35-28-16-9-17-29-32(28)27(21-36-29)31-26(20-22-10-3-1-4-11-22)34(24-13-5-2-6-14-24)37-30-19-18-23-12-7-8-15-25(23)33(30)31/h1-19,21,36H,20H2. The van der Waals surface area contributed by atoms with Crippen molar-refractivity contribution in [1.82, 2.24) is 9.97 Å². The number of nitrogens with zero attached hydrogens (tertiary/aromatic N) is 1. The molecular weight excluding hydrogens is 516 g/mol. The zero-order valence-electron chi connectivity index (χ0n) is 20.1. The molecule has 7 rings (SSSR count). The van der Waals surface area contributed by atoms with E-state index in [9.17, 15) is 0 Å². The zero-order valence-corrected chi connectivity index (χ0v) is 21.7. The van der Waals surface area contributed by atoms with Crippen molar-refractivity contribution in [3.8, 4) is 22.4 Å². The van der Waals surface area contributed by atoms with Crippen LogP contribution in [0.3, 0.4) is 0 Å². The molecule has 0 spiro atoms. The van der Waals surface area contributed by atoms with E-state index < -0.39 is 0 Å². The van der Waals surface area contributed by atoms with Crippen LogP contribution in [0.2, 0.25) is 0 Å². The average molecular weight is 539 g/mol. The largest absolute Gasteiger partial charge is 0.361 e. The van der Waals surface area contributed by atoms with Crippen molar-refractivity contribution in [3.05, 3.63) is 137 Å². The van der Waals surface area contributed by atoms with Gasteiger partial charge in [-0.25, -0.2) is 4.98 Å². The molecule has 176 valence electrons. The maximum atomic E-state index is 5.34. The van der Waals surface area contributed by atoms with Gasteiger partial charge in [-0.05, 0) is 45.7 Å². The summed E-state index contributed by atoms with van der Waals surface area (Å²) in [5.41, 5.74) is 9.20. The molecule has 0 unspecified atom stereocenters. The van der Waals surface area contributed by atoms with Crippen LogP contribution in [0.15, 0.2) is 126 Å². The molecule has 37 heavy (non-hydrogen) atoms. The Morgan fingerprint density at radius 2 is 1.43 bits per heavy atom. The van der Waals surface area contributed by atoms with Crippen molar-refractivity contribution < 1.29 is 0 Å². The normalized spacial score (nSPS) is 11.5. The lowest BCUT2D eigenvalue weighted by Gasteiger charge is -2.19. The van der Waals surface area contributed by atoms with Crippen LogP contribution in [0.4, 0.5) is 0 Å². The van der Waals surface area contributed by atoms with Crippen LogP contribution in [-0.2, 0) is 6.42 Å². The van der Waals surface area contributed by atoms with Gasteiger partial charge in [0.25, 0.3) is 0 Å². The van der Waals surface area contributed by atoms with E-state index in [4.69, 9.17) is 4.98 Å². The van der Waals surface area contributed by atoms with Gasteiger partial charge in [0.15, 0.2) is 0 Å². The Morgan fingerprint density at radius 1 is 0.676 bits per heavy atom. The highest BCUT2D eigenvalue weighted by Gasteiger charge is 2.22. The molecule has 5 aromatic carbocycles. The molecule has 0 fully saturated rings. The van der Waals surface area contributed by atoms with Crippen molar-refractivity contribution in [1.29, 1.82) is 0 Å². The van der Waals surface area contributed by atoms with Crippen LogP contribution in [-0.4, -0.2) is 9.97 Å². The lowest BCUT2D eigenvalue weighted by atomic mass is 9.87. The van der Waals surface area contributed by atoms with Gasteiger partial charge in [-0.2, -0.15) is 0 Å². The third kappa shape index (κ3) is 3.75. The average Bonchev–Trinajstić information content (AvgIpc) is 3.39. The zero-order chi connectivity index (χ0) is 24.8. The number of nitrogens with one attached hydrogen (secondary N) is 1. The highest BCUT2D eigenvalue weighted by Crippen LogP contribution is 2.44. The third-order valence-electron chi connectivity index (χ3n) is 7.17. The minimum atomic E-state index is 0.781. The predicted octanol–water partition coefficient (Wildman–Crippen LogP) is 9.56. The molecule has 0 saturated carbocycles. The van der Waals surface area contributed by atoms with E-state index in [-0.39, 0.29) is 0 Å². The molecule has 2 heterocycles. The number of H-pyrrole nitrogens is 1. The lowest BCUT2D eigenvalue weighted by Crippen LogP contribution is -2.01. The number of benzene rings is 5. The quantitative estimate of drug-likeness (QED) is 0.222. The second kappa shape index (κ2) is 9.02. The Kier molecular flexibility index (Phi) is 5.37. The number of hydrogen-bond acceptors (Lipinski definition) is 1. The summed E-state index contributed by atoms with van der Waals surface area (Å²) in [7, 11) is 0. The number of rotatable bonds is 4. The maximum absolute atomic E-state index is 5.34. The fourth-order valence-electron chi connectivity index (χ4n) is 5.51. The summed E-state index contributed by atoms with van der Waals surface area (Å²) >= 11 is 3.86. The minimum absolute atomic E-state index is 0.781. The second-order valence-corrected chi connectivity index (χ2v) is 10.2. The first kappa shape index (κ1) is 22.0. The van der Waals surface area contributed by atoms with Gasteiger partial charge in [0.2, 0.25) is 0 Å². The van der Waals surface area contributed by atoms with Gasteiger partial charge >= 0.3 is 0 Å². The Hall–Kier alpha value is -4.21. The van der Waals surface area contributed by atoms with Crippen LogP contribution in [0, 0.1) is 0 Å². The molecule has 0 saturated heterocycles. The predicted molar refractivity (Wildman–Crippen MR) is 159 cm³/mol. The number of aromatic amines is 1. The topological polar surface area (TPSA) is 28.7 Å². The van der Waals surface area contributed by atoms with E-state index in [1.807, 2.05) is 0 Å². The molecule has 0 radical (unpaired) electrons. The molecule has 7 aromatic rings. The monoisotopic (exact) mass is 538 g/mol. The van der Waals surface area contributed by atoms with Gasteiger partial charge in [0.1, 0.15) is 0 Å². The summed E-state index contributed by atoms with van der Waals surface area (Å²) in [6.07, 6.45) is 2.94. The van der Waals surface area contributed by atoms with Crippen LogP contribution < -0.4 is 0 Å². The third-order valence-corrected chi connectivity index (χ3v) is 7.83. The summed E-state index contributed by atoms with van der Waals surface area (Å²) in [6, 6.07) is 40.6. The van der Waals surface area contributed by atoms with E-state index in [2.05, 4.69) is 142 Å². The van der Waals surface area contributed by atoms with E-state index in [1.54, 1.807) is 0 Å². The number of halogens is 1. The molecular formula is C34H23BrN2. The smallest absolute Gasteiger partial charge is 0.0751 e. The lowest BCUT2D eigenvalue weighted by molar-refractivity contribution is 1.17. The Morgan fingerprint density at radius 3 is 2.27 bits per heavy atom.